The first-order valence-electron chi connectivity index (χ1n) is 10.4. The molecule has 4 rings (SSSR count). The number of amides is 1. The number of carbonyl (C=O) groups is 1. The molecule has 2 aromatic rings. The van der Waals surface area contributed by atoms with Crippen LogP contribution in [-0.4, -0.2) is 78.5 Å². The fraction of sp³-hybridized carbons (Fsp3) is 0.500. The summed E-state index contributed by atoms with van der Waals surface area (Å²) in [5, 5.41) is 0. The number of rotatable bonds is 5. The largest absolute Gasteiger partial charge is 0.355 e. The molecule has 3 heterocycles. The number of likely N-dealkylation sites (tertiary alicyclic amines) is 1. The molecule has 0 radical (unpaired) electrons. The molecule has 2 fully saturated rings. The molecule has 2 aliphatic rings. The highest BCUT2D eigenvalue weighted by Gasteiger charge is 2.26. The molecule has 1 atom stereocenters. The molecule has 7 heteroatoms. The summed E-state index contributed by atoms with van der Waals surface area (Å²) in [6.45, 7) is 5.06. The Morgan fingerprint density at radius 1 is 1.14 bits per heavy atom. The summed E-state index contributed by atoms with van der Waals surface area (Å²) in [7, 11) is 3.97. The molecule has 2 saturated heterocycles. The molecule has 0 bridgehead atoms. The quantitative estimate of drug-likeness (QED) is 0.772. The number of nitrogens with zero attached hydrogens (tertiary/aromatic N) is 6. The van der Waals surface area contributed by atoms with Gasteiger partial charge in [-0.25, -0.2) is 9.97 Å². The van der Waals surface area contributed by atoms with Crippen molar-refractivity contribution < 1.29 is 4.79 Å². The first-order valence-corrected chi connectivity index (χ1v) is 10.4. The molecule has 1 amide bonds. The predicted molar refractivity (Wildman–Crippen MR) is 115 cm³/mol. The van der Waals surface area contributed by atoms with E-state index < -0.39 is 0 Å². The number of likely N-dealkylation sites (N-methyl/N-ethyl adjacent to an activating group) is 2. The first kappa shape index (κ1) is 19.6. The van der Waals surface area contributed by atoms with E-state index in [9.17, 15) is 4.79 Å². The number of carbonyl (C=O) groups excluding carboxylic acids is 1. The van der Waals surface area contributed by atoms with Gasteiger partial charge in [0.05, 0.1) is 6.54 Å². The third-order valence-corrected chi connectivity index (χ3v) is 6.06. The average molecular weight is 395 g/mol. The van der Waals surface area contributed by atoms with Crippen molar-refractivity contribution >= 4 is 17.5 Å². The Kier molecular flexibility index (Phi) is 5.94. The van der Waals surface area contributed by atoms with Crippen LogP contribution < -0.4 is 9.80 Å². The molecule has 0 spiro atoms. The smallest absolute Gasteiger partial charge is 0.241 e. The van der Waals surface area contributed by atoms with Crippen molar-refractivity contribution in [3.63, 3.8) is 0 Å². The molecule has 1 aromatic heterocycles. The molecule has 2 aliphatic heterocycles. The minimum Gasteiger partial charge on any atom is -0.355 e. The Bertz CT molecular complexity index is 829. The van der Waals surface area contributed by atoms with E-state index >= 15 is 0 Å². The lowest BCUT2D eigenvalue weighted by Gasteiger charge is -2.38. The number of piperazine rings is 1. The van der Waals surface area contributed by atoms with E-state index in [0.29, 0.717) is 12.6 Å². The van der Waals surface area contributed by atoms with E-state index in [2.05, 4.69) is 57.1 Å². The van der Waals surface area contributed by atoms with Gasteiger partial charge in [-0.05, 0) is 24.9 Å². The second-order valence-corrected chi connectivity index (χ2v) is 8.10. The van der Waals surface area contributed by atoms with Crippen molar-refractivity contribution in [2.45, 2.75) is 25.4 Å². The van der Waals surface area contributed by atoms with Gasteiger partial charge in [0.1, 0.15) is 18.0 Å². The van der Waals surface area contributed by atoms with Crippen molar-refractivity contribution in [2.75, 3.05) is 56.6 Å². The van der Waals surface area contributed by atoms with Crippen LogP contribution in [-0.2, 0) is 11.3 Å². The van der Waals surface area contributed by atoms with Gasteiger partial charge in [0.25, 0.3) is 0 Å². The lowest BCUT2D eigenvalue weighted by atomic mass is 10.0. The molecule has 0 saturated carbocycles. The SMILES string of the molecule is CN1CCN(c2cc(N(C)C3CCCN(Cc4ccccc4)C3)ncn2)CC1=O. The van der Waals surface area contributed by atoms with Crippen LogP contribution in [0.5, 0.6) is 0 Å². The monoisotopic (exact) mass is 394 g/mol. The summed E-state index contributed by atoms with van der Waals surface area (Å²) in [5.41, 5.74) is 1.36. The summed E-state index contributed by atoms with van der Waals surface area (Å²) in [6.07, 6.45) is 3.97. The van der Waals surface area contributed by atoms with Crippen LogP contribution in [0.3, 0.4) is 0 Å². The standard InChI is InChI=1S/C22H30N6O/c1-25-11-12-28(16-22(25)29)21-13-20(23-17-24-21)26(2)19-9-6-10-27(15-19)14-18-7-4-3-5-8-18/h3-5,7-8,13,17,19H,6,9-12,14-16H2,1-2H3. The molecule has 1 aromatic carbocycles. The highest BCUT2D eigenvalue weighted by atomic mass is 16.2. The topological polar surface area (TPSA) is 55.8 Å². The Balaban J connectivity index is 1.42. The third kappa shape index (κ3) is 4.67. The maximum absolute atomic E-state index is 12.1. The molecule has 7 nitrogen and oxygen atoms in total. The third-order valence-electron chi connectivity index (χ3n) is 6.06. The van der Waals surface area contributed by atoms with Gasteiger partial charge in [-0.15, -0.1) is 0 Å². The number of benzene rings is 1. The van der Waals surface area contributed by atoms with Gasteiger partial charge < -0.3 is 14.7 Å². The van der Waals surface area contributed by atoms with Gasteiger partial charge >= 0.3 is 0 Å². The van der Waals surface area contributed by atoms with E-state index in [1.54, 1.807) is 11.2 Å². The minimum absolute atomic E-state index is 0.133. The molecule has 29 heavy (non-hydrogen) atoms. The average Bonchev–Trinajstić information content (AvgIpc) is 2.76. The zero-order valence-electron chi connectivity index (χ0n) is 17.4. The summed E-state index contributed by atoms with van der Waals surface area (Å²) >= 11 is 0. The molecule has 0 aliphatic carbocycles. The Morgan fingerprint density at radius 3 is 2.76 bits per heavy atom. The van der Waals surface area contributed by atoms with Crippen molar-refractivity contribution in [2.24, 2.45) is 0 Å². The van der Waals surface area contributed by atoms with E-state index in [1.165, 1.54) is 12.0 Å². The van der Waals surface area contributed by atoms with Crippen LogP contribution in [0.4, 0.5) is 11.6 Å². The number of hydrogen-bond donors (Lipinski definition) is 0. The fourth-order valence-corrected chi connectivity index (χ4v) is 4.18. The Morgan fingerprint density at radius 2 is 1.97 bits per heavy atom. The lowest BCUT2D eigenvalue weighted by molar-refractivity contribution is -0.129. The van der Waals surface area contributed by atoms with Crippen molar-refractivity contribution in [3.05, 3.63) is 48.3 Å². The Labute approximate surface area is 172 Å². The normalized spacial score (nSPS) is 20.8. The van der Waals surface area contributed by atoms with Gasteiger partial charge in [0.15, 0.2) is 0 Å². The molecule has 1 unspecified atom stereocenters. The van der Waals surface area contributed by atoms with Crippen LogP contribution in [0.15, 0.2) is 42.7 Å². The zero-order valence-corrected chi connectivity index (χ0v) is 17.4. The minimum atomic E-state index is 0.133. The van der Waals surface area contributed by atoms with Crippen molar-refractivity contribution in [1.82, 2.24) is 19.8 Å². The lowest BCUT2D eigenvalue weighted by Crippen LogP contribution is -2.49. The van der Waals surface area contributed by atoms with Gasteiger partial charge in [0.2, 0.25) is 5.91 Å². The maximum atomic E-state index is 12.1. The van der Waals surface area contributed by atoms with E-state index in [4.69, 9.17) is 0 Å². The van der Waals surface area contributed by atoms with Gasteiger partial charge in [-0.1, -0.05) is 30.3 Å². The molecule has 154 valence electrons. The van der Waals surface area contributed by atoms with Crippen molar-refractivity contribution in [3.8, 4) is 0 Å². The van der Waals surface area contributed by atoms with E-state index in [-0.39, 0.29) is 5.91 Å². The Hall–Kier alpha value is -2.67. The highest BCUT2D eigenvalue weighted by molar-refractivity contribution is 5.82. The zero-order chi connectivity index (χ0) is 20.2. The van der Waals surface area contributed by atoms with Crippen LogP contribution >= 0.6 is 0 Å². The van der Waals surface area contributed by atoms with Crippen LogP contribution in [0.25, 0.3) is 0 Å². The number of hydrogen-bond acceptors (Lipinski definition) is 6. The number of piperidine rings is 1. The van der Waals surface area contributed by atoms with Gasteiger partial charge in [-0.3, -0.25) is 9.69 Å². The summed E-state index contributed by atoms with van der Waals surface area (Å²) < 4.78 is 0. The molecular weight excluding hydrogens is 364 g/mol. The van der Waals surface area contributed by atoms with E-state index in [0.717, 1.165) is 50.8 Å². The van der Waals surface area contributed by atoms with Gasteiger partial charge in [-0.2, -0.15) is 0 Å². The van der Waals surface area contributed by atoms with E-state index in [1.807, 2.05) is 18.0 Å². The van der Waals surface area contributed by atoms with Gasteiger partial charge in [0, 0.05) is 52.4 Å². The van der Waals surface area contributed by atoms with Crippen LogP contribution in [0.2, 0.25) is 0 Å². The summed E-state index contributed by atoms with van der Waals surface area (Å²) in [4.78, 5) is 29.6. The second kappa shape index (κ2) is 8.78. The first-order chi connectivity index (χ1) is 14.1. The number of anilines is 2. The second-order valence-electron chi connectivity index (χ2n) is 8.10. The molecular formula is C22H30N6O. The predicted octanol–water partition coefficient (Wildman–Crippen LogP) is 1.86. The van der Waals surface area contributed by atoms with Crippen LogP contribution in [0.1, 0.15) is 18.4 Å². The van der Waals surface area contributed by atoms with Crippen molar-refractivity contribution in [1.29, 1.82) is 0 Å². The molecule has 0 N–H and O–H groups in total. The fourth-order valence-electron chi connectivity index (χ4n) is 4.18. The maximum Gasteiger partial charge on any atom is 0.241 e. The summed E-state index contributed by atoms with van der Waals surface area (Å²) in [5.74, 6) is 1.89. The highest BCUT2D eigenvalue weighted by Crippen LogP contribution is 2.24. The summed E-state index contributed by atoms with van der Waals surface area (Å²) in [6, 6.07) is 13.1. The van der Waals surface area contributed by atoms with Crippen LogP contribution in [0, 0.1) is 0 Å². The number of aromatic nitrogens is 2.